The zero-order valence-electron chi connectivity index (χ0n) is 18.4. The summed E-state index contributed by atoms with van der Waals surface area (Å²) in [5, 5.41) is 8.68. The summed E-state index contributed by atoms with van der Waals surface area (Å²) in [6.07, 6.45) is 14.1. The maximum atomic E-state index is 5.83. The van der Waals surface area contributed by atoms with Gasteiger partial charge in [0.25, 0.3) is 0 Å². The molecular formula is C26H38N2O. The van der Waals surface area contributed by atoms with Crippen LogP contribution >= 0.6 is 0 Å². The first-order valence-corrected chi connectivity index (χ1v) is 11.6. The fourth-order valence-electron chi connectivity index (χ4n) is 3.28. The second kappa shape index (κ2) is 14.8. The van der Waals surface area contributed by atoms with Crippen LogP contribution in [0, 0.1) is 0 Å². The lowest BCUT2D eigenvalue weighted by Crippen LogP contribution is -1.96. The van der Waals surface area contributed by atoms with Gasteiger partial charge in [0.15, 0.2) is 0 Å². The Morgan fingerprint density at radius 3 is 1.72 bits per heavy atom. The van der Waals surface area contributed by atoms with Crippen molar-refractivity contribution in [1.82, 2.24) is 0 Å². The van der Waals surface area contributed by atoms with E-state index in [1.165, 1.54) is 63.4 Å². The minimum atomic E-state index is 0.791. The van der Waals surface area contributed by atoms with Gasteiger partial charge in [-0.25, -0.2) is 0 Å². The third kappa shape index (κ3) is 10.3. The van der Waals surface area contributed by atoms with Crippen LogP contribution in [0.5, 0.6) is 5.75 Å². The Bertz CT molecular complexity index is 677. The highest BCUT2D eigenvalue weighted by Crippen LogP contribution is 2.22. The molecule has 0 aliphatic heterocycles. The molecule has 29 heavy (non-hydrogen) atoms. The molecule has 0 saturated carbocycles. The molecule has 0 N–H and O–H groups in total. The van der Waals surface area contributed by atoms with E-state index in [0.717, 1.165) is 36.6 Å². The standard InChI is InChI=1S/C26H38N2O/c1-3-5-7-8-9-10-12-22-29-26-20-18-25(19-21-26)28-27-24-16-14-23(15-17-24)13-11-6-4-2/h14-21H,3-13,22H2,1-2H3. The van der Waals surface area contributed by atoms with Gasteiger partial charge >= 0.3 is 0 Å². The van der Waals surface area contributed by atoms with Crippen LogP contribution in [0.25, 0.3) is 0 Å². The maximum absolute atomic E-state index is 5.83. The Labute approximate surface area is 177 Å². The van der Waals surface area contributed by atoms with E-state index in [1.54, 1.807) is 0 Å². The molecule has 0 heterocycles. The normalized spacial score (nSPS) is 11.2. The second-order valence-electron chi connectivity index (χ2n) is 7.79. The summed E-state index contributed by atoms with van der Waals surface area (Å²) in [5.74, 6) is 0.909. The summed E-state index contributed by atoms with van der Waals surface area (Å²) in [6.45, 7) is 5.28. The van der Waals surface area contributed by atoms with Crippen molar-refractivity contribution in [3.05, 3.63) is 54.1 Å². The lowest BCUT2D eigenvalue weighted by Gasteiger charge is -2.06. The Balaban J connectivity index is 1.67. The van der Waals surface area contributed by atoms with Crippen LogP contribution in [0.15, 0.2) is 58.8 Å². The predicted octanol–water partition coefficient (Wildman–Crippen LogP) is 8.96. The van der Waals surface area contributed by atoms with Crippen molar-refractivity contribution in [1.29, 1.82) is 0 Å². The molecule has 2 aromatic rings. The Hall–Kier alpha value is -2.16. The molecule has 0 saturated heterocycles. The molecule has 158 valence electrons. The molecule has 2 aromatic carbocycles. The van der Waals surface area contributed by atoms with Gasteiger partial charge in [0, 0.05) is 0 Å². The summed E-state index contributed by atoms with van der Waals surface area (Å²) in [6, 6.07) is 16.3. The molecular weight excluding hydrogens is 356 g/mol. The summed E-state index contributed by atoms with van der Waals surface area (Å²) < 4.78 is 5.83. The fourth-order valence-corrected chi connectivity index (χ4v) is 3.28. The van der Waals surface area contributed by atoms with E-state index in [-0.39, 0.29) is 0 Å². The highest BCUT2D eigenvalue weighted by molar-refractivity contribution is 5.43. The molecule has 0 aliphatic rings. The van der Waals surface area contributed by atoms with Crippen LogP contribution in [-0.2, 0) is 6.42 Å². The largest absolute Gasteiger partial charge is 0.494 e. The number of aryl methyl sites for hydroxylation is 1. The molecule has 2 rings (SSSR count). The van der Waals surface area contributed by atoms with Crippen molar-refractivity contribution >= 4 is 11.4 Å². The molecule has 0 atom stereocenters. The molecule has 0 fully saturated rings. The van der Waals surface area contributed by atoms with Gasteiger partial charge in [0.05, 0.1) is 18.0 Å². The number of hydrogen-bond donors (Lipinski definition) is 0. The van der Waals surface area contributed by atoms with E-state index in [1.807, 2.05) is 36.4 Å². The number of ether oxygens (including phenoxy) is 1. The van der Waals surface area contributed by atoms with Crippen LogP contribution in [-0.4, -0.2) is 6.61 Å². The van der Waals surface area contributed by atoms with Crippen LogP contribution in [0.2, 0.25) is 0 Å². The molecule has 0 aromatic heterocycles. The number of nitrogens with zero attached hydrogens (tertiary/aromatic N) is 2. The van der Waals surface area contributed by atoms with Crippen LogP contribution in [0.3, 0.4) is 0 Å². The van der Waals surface area contributed by atoms with Gasteiger partial charge in [-0.15, -0.1) is 0 Å². The average molecular weight is 395 g/mol. The van der Waals surface area contributed by atoms with Gasteiger partial charge in [0.1, 0.15) is 5.75 Å². The predicted molar refractivity (Wildman–Crippen MR) is 124 cm³/mol. The quantitative estimate of drug-likeness (QED) is 0.219. The lowest BCUT2D eigenvalue weighted by atomic mass is 10.1. The minimum absolute atomic E-state index is 0.791. The SMILES string of the molecule is CCCCCCCCCOc1ccc(N=Nc2ccc(CCCCC)cc2)cc1. The first kappa shape index (κ1) is 23.1. The highest BCUT2D eigenvalue weighted by atomic mass is 16.5. The Morgan fingerprint density at radius 2 is 1.10 bits per heavy atom. The molecule has 0 radical (unpaired) electrons. The van der Waals surface area contributed by atoms with Crippen molar-refractivity contribution in [2.24, 2.45) is 10.2 Å². The van der Waals surface area contributed by atoms with Crippen molar-refractivity contribution < 1.29 is 4.74 Å². The molecule has 0 amide bonds. The Morgan fingerprint density at radius 1 is 0.586 bits per heavy atom. The monoisotopic (exact) mass is 394 g/mol. The molecule has 3 heteroatoms. The van der Waals surface area contributed by atoms with E-state index >= 15 is 0 Å². The van der Waals surface area contributed by atoms with Crippen molar-refractivity contribution in [2.45, 2.75) is 84.5 Å². The van der Waals surface area contributed by atoms with Gasteiger partial charge in [-0.3, -0.25) is 0 Å². The van der Waals surface area contributed by atoms with Crippen molar-refractivity contribution in [3.8, 4) is 5.75 Å². The highest BCUT2D eigenvalue weighted by Gasteiger charge is 1.97. The molecule has 0 spiro atoms. The van der Waals surface area contributed by atoms with Gasteiger partial charge in [0.2, 0.25) is 0 Å². The maximum Gasteiger partial charge on any atom is 0.119 e. The van der Waals surface area contributed by atoms with Crippen LogP contribution in [0.1, 0.15) is 83.6 Å². The van der Waals surface area contributed by atoms with Crippen molar-refractivity contribution in [3.63, 3.8) is 0 Å². The van der Waals surface area contributed by atoms with E-state index in [4.69, 9.17) is 4.74 Å². The fraction of sp³-hybridized carbons (Fsp3) is 0.538. The van der Waals surface area contributed by atoms with E-state index < -0.39 is 0 Å². The molecule has 0 bridgehead atoms. The smallest absolute Gasteiger partial charge is 0.119 e. The van der Waals surface area contributed by atoms with E-state index in [2.05, 4.69) is 36.2 Å². The number of azo groups is 1. The summed E-state index contributed by atoms with van der Waals surface area (Å²) in [5.41, 5.74) is 3.11. The number of hydrogen-bond acceptors (Lipinski definition) is 3. The third-order valence-corrected chi connectivity index (χ3v) is 5.14. The second-order valence-corrected chi connectivity index (χ2v) is 7.79. The van der Waals surface area contributed by atoms with Crippen LogP contribution < -0.4 is 4.74 Å². The Kier molecular flexibility index (Phi) is 11.8. The first-order valence-electron chi connectivity index (χ1n) is 11.6. The van der Waals surface area contributed by atoms with Gasteiger partial charge in [-0.05, 0) is 61.2 Å². The van der Waals surface area contributed by atoms with Crippen LogP contribution in [0.4, 0.5) is 11.4 Å². The van der Waals surface area contributed by atoms with Gasteiger partial charge in [-0.1, -0.05) is 77.3 Å². The average Bonchev–Trinajstić information content (AvgIpc) is 2.76. The van der Waals surface area contributed by atoms with Crippen molar-refractivity contribution in [2.75, 3.05) is 6.61 Å². The van der Waals surface area contributed by atoms with Gasteiger partial charge < -0.3 is 4.74 Å². The number of unbranched alkanes of at least 4 members (excludes halogenated alkanes) is 8. The minimum Gasteiger partial charge on any atom is -0.494 e. The summed E-state index contributed by atoms with van der Waals surface area (Å²) >= 11 is 0. The first-order chi connectivity index (χ1) is 14.3. The zero-order chi connectivity index (χ0) is 20.6. The topological polar surface area (TPSA) is 34.0 Å². The number of rotatable bonds is 15. The summed E-state index contributed by atoms with van der Waals surface area (Å²) in [7, 11) is 0. The third-order valence-electron chi connectivity index (χ3n) is 5.14. The van der Waals surface area contributed by atoms with Gasteiger partial charge in [-0.2, -0.15) is 10.2 Å². The molecule has 0 aliphatic carbocycles. The van der Waals surface area contributed by atoms with E-state index in [0.29, 0.717) is 0 Å². The lowest BCUT2D eigenvalue weighted by molar-refractivity contribution is 0.304. The number of benzene rings is 2. The zero-order valence-corrected chi connectivity index (χ0v) is 18.4. The summed E-state index contributed by atoms with van der Waals surface area (Å²) in [4.78, 5) is 0. The molecule has 3 nitrogen and oxygen atoms in total. The molecule has 0 unspecified atom stereocenters. The van der Waals surface area contributed by atoms with E-state index in [9.17, 15) is 0 Å².